The van der Waals surface area contributed by atoms with E-state index in [0.717, 1.165) is 25.4 Å². The lowest BCUT2D eigenvalue weighted by molar-refractivity contribution is -0.00158. The van der Waals surface area contributed by atoms with E-state index in [1.165, 1.54) is 12.8 Å². The molecule has 0 spiro atoms. The van der Waals surface area contributed by atoms with Crippen LogP contribution in [0.3, 0.4) is 0 Å². The molecule has 0 aromatic heterocycles. The van der Waals surface area contributed by atoms with Gasteiger partial charge >= 0.3 is 0 Å². The molecule has 12 heavy (non-hydrogen) atoms. The lowest BCUT2D eigenvalue weighted by atomic mass is 9.77. The van der Waals surface area contributed by atoms with E-state index >= 15 is 0 Å². The van der Waals surface area contributed by atoms with Gasteiger partial charge in [0, 0.05) is 12.0 Å². The fourth-order valence-corrected chi connectivity index (χ4v) is 2.40. The average molecular weight is 170 g/mol. The lowest BCUT2D eigenvalue weighted by Crippen LogP contribution is -2.35. The smallest absolute Gasteiger partial charge is 0.0682 e. The van der Waals surface area contributed by atoms with Gasteiger partial charge in [0.25, 0.3) is 0 Å². The van der Waals surface area contributed by atoms with Gasteiger partial charge in [0.05, 0.1) is 12.7 Å². The zero-order chi connectivity index (χ0) is 8.60. The summed E-state index contributed by atoms with van der Waals surface area (Å²) < 4.78 is 5.71. The van der Waals surface area contributed by atoms with Crippen LogP contribution in [0.2, 0.25) is 0 Å². The summed E-state index contributed by atoms with van der Waals surface area (Å²) in [7, 11) is 0. The minimum absolute atomic E-state index is 0.112. The highest BCUT2D eigenvalue weighted by Gasteiger charge is 2.49. The molecule has 2 fully saturated rings. The second-order valence-electron chi connectivity index (χ2n) is 4.25. The maximum absolute atomic E-state index is 9.38. The number of aliphatic hydroxyl groups excluding tert-OH is 1. The van der Waals surface area contributed by atoms with Crippen molar-refractivity contribution in [3.05, 3.63) is 0 Å². The molecule has 1 heterocycles. The Hall–Kier alpha value is -0.0800. The highest BCUT2D eigenvalue weighted by molar-refractivity contribution is 4.98. The van der Waals surface area contributed by atoms with E-state index in [1.807, 2.05) is 0 Å². The summed E-state index contributed by atoms with van der Waals surface area (Å²) in [5.41, 5.74) is 0.112. The average Bonchev–Trinajstić information content (AvgIpc) is 2.86. The third-order valence-corrected chi connectivity index (χ3v) is 3.57. The molecule has 2 heteroatoms. The minimum Gasteiger partial charge on any atom is -0.396 e. The van der Waals surface area contributed by atoms with Crippen LogP contribution in [-0.4, -0.2) is 24.4 Å². The van der Waals surface area contributed by atoms with E-state index in [2.05, 4.69) is 6.92 Å². The van der Waals surface area contributed by atoms with Crippen molar-refractivity contribution in [1.82, 2.24) is 0 Å². The van der Waals surface area contributed by atoms with E-state index in [0.29, 0.717) is 12.7 Å². The molecular formula is C10H18O2. The summed E-state index contributed by atoms with van der Waals surface area (Å²) in [6.45, 7) is 3.33. The number of hydrogen-bond donors (Lipinski definition) is 1. The Bertz CT molecular complexity index is 159. The number of rotatable bonds is 3. The van der Waals surface area contributed by atoms with Crippen molar-refractivity contribution in [1.29, 1.82) is 0 Å². The van der Waals surface area contributed by atoms with Gasteiger partial charge in [0.1, 0.15) is 0 Å². The van der Waals surface area contributed by atoms with Crippen molar-refractivity contribution >= 4 is 0 Å². The van der Waals surface area contributed by atoms with Gasteiger partial charge < -0.3 is 9.84 Å². The van der Waals surface area contributed by atoms with Crippen LogP contribution in [0.1, 0.15) is 32.6 Å². The zero-order valence-electron chi connectivity index (χ0n) is 7.75. The van der Waals surface area contributed by atoms with Crippen LogP contribution >= 0.6 is 0 Å². The lowest BCUT2D eigenvalue weighted by Gasteiger charge is -2.30. The van der Waals surface area contributed by atoms with Gasteiger partial charge in [0.2, 0.25) is 0 Å². The van der Waals surface area contributed by atoms with Gasteiger partial charge in [-0.15, -0.1) is 0 Å². The molecule has 2 atom stereocenters. The van der Waals surface area contributed by atoms with Gasteiger partial charge in [-0.3, -0.25) is 0 Å². The molecule has 2 unspecified atom stereocenters. The van der Waals surface area contributed by atoms with E-state index in [4.69, 9.17) is 4.74 Å². The molecule has 0 aromatic carbocycles. The minimum atomic E-state index is 0.112. The molecule has 1 aliphatic carbocycles. The van der Waals surface area contributed by atoms with Gasteiger partial charge in [-0.05, 0) is 31.6 Å². The summed E-state index contributed by atoms with van der Waals surface area (Å²) in [5, 5.41) is 9.38. The first-order chi connectivity index (χ1) is 5.82. The summed E-state index contributed by atoms with van der Waals surface area (Å²) in [5.74, 6) is 0.764. The zero-order valence-corrected chi connectivity index (χ0v) is 7.75. The van der Waals surface area contributed by atoms with Crippen molar-refractivity contribution in [2.45, 2.75) is 38.7 Å². The molecule has 2 rings (SSSR count). The second-order valence-corrected chi connectivity index (χ2v) is 4.25. The summed E-state index contributed by atoms with van der Waals surface area (Å²) >= 11 is 0. The van der Waals surface area contributed by atoms with Crippen LogP contribution in [0.5, 0.6) is 0 Å². The van der Waals surface area contributed by atoms with Crippen LogP contribution < -0.4 is 0 Å². The van der Waals surface area contributed by atoms with Crippen molar-refractivity contribution in [3.8, 4) is 0 Å². The largest absolute Gasteiger partial charge is 0.396 e. The highest BCUT2D eigenvalue weighted by atomic mass is 16.5. The first-order valence-electron chi connectivity index (χ1n) is 5.05. The molecule has 0 bridgehead atoms. The van der Waals surface area contributed by atoms with E-state index in [9.17, 15) is 5.11 Å². The van der Waals surface area contributed by atoms with Crippen LogP contribution in [-0.2, 0) is 4.74 Å². The Morgan fingerprint density at radius 1 is 1.50 bits per heavy atom. The van der Waals surface area contributed by atoms with Crippen LogP contribution in [0, 0.1) is 11.3 Å². The monoisotopic (exact) mass is 170 g/mol. The van der Waals surface area contributed by atoms with Crippen LogP contribution in [0.15, 0.2) is 0 Å². The first kappa shape index (κ1) is 8.52. The molecule has 0 amide bonds. The first-order valence-corrected chi connectivity index (χ1v) is 5.05. The Balaban J connectivity index is 2.09. The quantitative estimate of drug-likeness (QED) is 0.696. The Morgan fingerprint density at radius 3 is 2.75 bits per heavy atom. The van der Waals surface area contributed by atoms with E-state index in [1.54, 1.807) is 0 Å². The molecule has 0 aromatic rings. The van der Waals surface area contributed by atoms with Gasteiger partial charge in [-0.25, -0.2) is 0 Å². The van der Waals surface area contributed by atoms with Crippen molar-refractivity contribution in [2.24, 2.45) is 11.3 Å². The summed E-state index contributed by atoms with van der Waals surface area (Å²) in [6.07, 6.45) is 5.11. The SMILES string of the molecule is CCC1(CO)CCOC1C1CC1. The van der Waals surface area contributed by atoms with Crippen molar-refractivity contribution in [3.63, 3.8) is 0 Å². The van der Waals surface area contributed by atoms with Gasteiger partial charge in [0.15, 0.2) is 0 Å². The number of ether oxygens (including phenoxy) is 1. The molecule has 2 aliphatic rings. The van der Waals surface area contributed by atoms with Crippen molar-refractivity contribution < 1.29 is 9.84 Å². The Labute approximate surface area is 73.9 Å². The van der Waals surface area contributed by atoms with Crippen LogP contribution in [0.25, 0.3) is 0 Å². The Morgan fingerprint density at radius 2 is 2.25 bits per heavy atom. The van der Waals surface area contributed by atoms with Gasteiger partial charge in [-0.2, -0.15) is 0 Å². The standard InChI is InChI=1S/C10H18O2/c1-2-10(7-11)5-6-12-9(10)8-3-4-8/h8-9,11H,2-7H2,1H3. The molecule has 1 N–H and O–H groups in total. The number of aliphatic hydroxyl groups is 1. The molecule has 2 nitrogen and oxygen atoms in total. The van der Waals surface area contributed by atoms with Gasteiger partial charge in [-0.1, -0.05) is 6.92 Å². The molecule has 1 aliphatic heterocycles. The maximum Gasteiger partial charge on any atom is 0.0682 e. The predicted molar refractivity (Wildman–Crippen MR) is 46.9 cm³/mol. The molecular weight excluding hydrogens is 152 g/mol. The molecule has 1 saturated carbocycles. The fraction of sp³-hybridized carbons (Fsp3) is 1.00. The van der Waals surface area contributed by atoms with Crippen LogP contribution in [0.4, 0.5) is 0 Å². The summed E-state index contributed by atoms with van der Waals surface area (Å²) in [4.78, 5) is 0. The molecule has 70 valence electrons. The third kappa shape index (κ3) is 1.17. The number of hydrogen-bond acceptors (Lipinski definition) is 2. The van der Waals surface area contributed by atoms with E-state index in [-0.39, 0.29) is 5.41 Å². The second kappa shape index (κ2) is 3.00. The summed E-state index contributed by atoms with van der Waals surface area (Å²) in [6, 6.07) is 0. The van der Waals surface area contributed by atoms with E-state index < -0.39 is 0 Å². The van der Waals surface area contributed by atoms with Crippen molar-refractivity contribution in [2.75, 3.05) is 13.2 Å². The third-order valence-electron chi connectivity index (χ3n) is 3.57. The topological polar surface area (TPSA) is 29.5 Å². The Kier molecular flexibility index (Phi) is 2.13. The molecule has 1 saturated heterocycles. The highest BCUT2D eigenvalue weighted by Crippen LogP contribution is 2.49. The predicted octanol–water partition coefficient (Wildman–Crippen LogP) is 1.57. The normalized spacial score (nSPS) is 42.0. The fourth-order valence-electron chi connectivity index (χ4n) is 2.40. The molecule has 0 radical (unpaired) electrons. The maximum atomic E-state index is 9.38.